The van der Waals surface area contributed by atoms with Gasteiger partial charge in [0, 0.05) is 25.2 Å². The van der Waals surface area contributed by atoms with Gasteiger partial charge in [-0.3, -0.25) is 4.79 Å². The Bertz CT molecular complexity index is 481. The molecule has 1 amide bonds. The Morgan fingerprint density at radius 3 is 2.84 bits per heavy atom. The topological polar surface area (TPSA) is 32.3 Å². The molecule has 3 heteroatoms. The van der Waals surface area contributed by atoms with Crippen LogP contribution in [-0.4, -0.2) is 19.5 Å². The summed E-state index contributed by atoms with van der Waals surface area (Å²) in [5.41, 5.74) is 2.31. The lowest BCUT2D eigenvalue weighted by atomic mass is 9.95. The summed E-state index contributed by atoms with van der Waals surface area (Å²) in [6.07, 6.45) is 3.34. The molecule has 0 bridgehead atoms. The maximum absolute atomic E-state index is 12.0. The second-order valence-electron chi connectivity index (χ2n) is 5.99. The van der Waals surface area contributed by atoms with Crippen molar-refractivity contribution in [1.29, 1.82) is 0 Å². The molecule has 0 spiro atoms. The Morgan fingerprint density at radius 1 is 1.37 bits per heavy atom. The maximum atomic E-state index is 12.0. The molecule has 1 aromatic carbocycles. The van der Waals surface area contributed by atoms with Gasteiger partial charge in [-0.15, -0.1) is 0 Å². The van der Waals surface area contributed by atoms with Gasteiger partial charge in [-0.05, 0) is 42.9 Å². The van der Waals surface area contributed by atoms with Crippen LogP contribution < -0.4 is 10.2 Å². The Kier molecular flexibility index (Phi) is 3.31. The van der Waals surface area contributed by atoms with Crippen molar-refractivity contribution in [3.8, 4) is 0 Å². The number of fused-ring (bicyclic) bond motifs is 1. The van der Waals surface area contributed by atoms with Gasteiger partial charge in [-0.25, -0.2) is 0 Å². The first-order valence-corrected chi connectivity index (χ1v) is 7.25. The molecule has 2 atom stereocenters. The zero-order valence-corrected chi connectivity index (χ0v) is 11.7. The normalized spacial score (nSPS) is 24.2. The maximum Gasteiger partial charge on any atom is 0.228 e. The van der Waals surface area contributed by atoms with E-state index in [1.54, 1.807) is 4.90 Å². The number of amides is 1. The van der Waals surface area contributed by atoms with E-state index in [1.807, 2.05) is 19.2 Å². The number of para-hydroxylation sites is 1. The molecule has 3 rings (SSSR count). The molecule has 2 aliphatic rings. The SMILES string of the molecule is CC(CNC1CC(=O)N(C)c2ccccc21)C1CC1. The number of hydrogen-bond acceptors (Lipinski definition) is 2. The molecule has 1 N–H and O–H groups in total. The van der Waals surface area contributed by atoms with Gasteiger partial charge in [-0.1, -0.05) is 25.1 Å². The molecule has 19 heavy (non-hydrogen) atoms. The first kappa shape index (κ1) is 12.7. The van der Waals surface area contributed by atoms with Crippen LogP contribution in [0.5, 0.6) is 0 Å². The van der Waals surface area contributed by atoms with Crippen molar-refractivity contribution in [3.05, 3.63) is 29.8 Å². The third-order valence-corrected chi connectivity index (χ3v) is 4.54. The molecule has 1 heterocycles. The molecule has 3 nitrogen and oxygen atoms in total. The first-order chi connectivity index (χ1) is 9.16. The second-order valence-corrected chi connectivity index (χ2v) is 5.99. The number of rotatable bonds is 4. The molecule has 1 aliphatic heterocycles. The molecular formula is C16H22N2O. The third-order valence-electron chi connectivity index (χ3n) is 4.54. The van der Waals surface area contributed by atoms with E-state index in [0.717, 1.165) is 24.1 Å². The highest BCUT2D eigenvalue weighted by atomic mass is 16.2. The number of anilines is 1. The van der Waals surface area contributed by atoms with Gasteiger partial charge in [0.15, 0.2) is 0 Å². The molecule has 1 saturated carbocycles. The van der Waals surface area contributed by atoms with Gasteiger partial charge < -0.3 is 10.2 Å². The van der Waals surface area contributed by atoms with E-state index in [4.69, 9.17) is 0 Å². The van der Waals surface area contributed by atoms with E-state index in [2.05, 4.69) is 24.4 Å². The monoisotopic (exact) mass is 258 g/mol. The Balaban J connectivity index is 1.74. The lowest BCUT2D eigenvalue weighted by molar-refractivity contribution is -0.119. The summed E-state index contributed by atoms with van der Waals surface area (Å²) in [5.74, 6) is 1.84. The molecule has 0 radical (unpaired) electrons. The molecule has 1 fully saturated rings. The smallest absolute Gasteiger partial charge is 0.228 e. The molecular weight excluding hydrogens is 236 g/mol. The summed E-state index contributed by atoms with van der Waals surface area (Å²) in [4.78, 5) is 13.8. The van der Waals surface area contributed by atoms with E-state index < -0.39 is 0 Å². The van der Waals surface area contributed by atoms with Crippen LogP contribution in [0, 0.1) is 11.8 Å². The van der Waals surface area contributed by atoms with Gasteiger partial charge in [0.25, 0.3) is 0 Å². The van der Waals surface area contributed by atoms with Crippen molar-refractivity contribution in [2.45, 2.75) is 32.2 Å². The van der Waals surface area contributed by atoms with Gasteiger partial charge in [0.1, 0.15) is 0 Å². The highest BCUT2D eigenvalue weighted by Crippen LogP contribution is 2.37. The van der Waals surface area contributed by atoms with E-state index in [-0.39, 0.29) is 11.9 Å². The van der Waals surface area contributed by atoms with Crippen LogP contribution in [0.4, 0.5) is 5.69 Å². The minimum atomic E-state index is 0.182. The summed E-state index contributed by atoms with van der Waals surface area (Å²) in [7, 11) is 1.87. The van der Waals surface area contributed by atoms with Crippen molar-refractivity contribution in [2.75, 3.05) is 18.5 Å². The van der Waals surface area contributed by atoms with Crippen LogP contribution in [0.25, 0.3) is 0 Å². The van der Waals surface area contributed by atoms with Crippen LogP contribution in [-0.2, 0) is 4.79 Å². The summed E-state index contributed by atoms with van der Waals surface area (Å²) < 4.78 is 0. The van der Waals surface area contributed by atoms with Crippen LogP contribution in [0.3, 0.4) is 0 Å². The fourth-order valence-electron chi connectivity index (χ4n) is 2.99. The van der Waals surface area contributed by atoms with Gasteiger partial charge in [0.05, 0.1) is 0 Å². The molecule has 0 aromatic heterocycles. The van der Waals surface area contributed by atoms with Crippen molar-refractivity contribution in [1.82, 2.24) is 5.32 Å². The molecule has 0 saturated heterocycles. The minimum absolute atomic E-state index is 0.182. The number of benzene rings is 1. The fraction of sp³-hybridized carbons (Fsp3) is 0.562. The minimum Gasteiger partial charge on any atom is -0.315 e. The van der Waals surface area contributed by atoms with Gasteiger partial charge in [-0.2, -0.15) is 0 Å². The predicted octanol–water partition coefficient (Wildman–Crippen LogP) is 2.73. The molecule has 102 valence electrons. The van der Waals surface area contributed by atoms with Crippen molar-refractivity contribution < 1.29 is 4.79 Å². The van der Waals surface area contributed by atoms with Crippen molar-refractivity contribution in [2.24, 2.45) is 11.8 Å². The fourth-order valence-corrected chi connectivity index (χ4v) is 2.99. The second kappa shape index (κ2) is 4.97. The quantitative estimate of drug-likeness (QED) is 0.900. The number of nitrogens with zero attached hydrogens (tertiary/aromatic N) is 1. The van der Waals surface area contributed by atoms with Crippen molar-refractivity contribution >= 4 is 11.6 Å². The van der Waals surface area contributed by atoms with E-state index in [1.165, 1.54) is 18.4 Å². The summed E-state index contributed by atoms with van der Waals surface area (Å²) >= 11 is 0. The van der Waals surface area contributed by atoms with Crippen LogP contribution >= 0.6 is 0 Å². The number of hydrogen-bond donors (Lipinski definition) is 1. The lowest BCUT2D eigenvalue weighted by Crippen LogP contribution is -2.39. The molecule has 1 aliphatic carbocycles. The number of carbonyl (C=O) groups is 1. The molecule has 2 unspecified atom stereocenters. The van der Waals surface area contributed by atoms with Crippen LogP contribution in [0.1, 0.15) is 37.8 Å². The first-order valence-electron chi connectivity index (χ1n) is 7.25. The van der Waals surface area contributed by atoms with Gasteiger partial charge >= 0.3 is 0 Å². The average molecular weight is 258 g/mol. The summed E-state index contributed by atoms with van der Waals surface area (Å²) in [6.45, 7) is 3.33. The largest absolute Gasteiger partial charge is 0.315 e. The Hall–Kier alpha value is -1.35. The zero-order valence-electron chi connectivity index (χ0n) is 11.7. The predicted molar refractivity (Wildman–Crippen MR) is 77.1 cm³/mol. The standard InChI is InChI=1S/C16H22N2O/c1-11(12-7-8-12)10-17-14-9-16(19)18(2)15-6-4-3-5-13(14)15/h3-6,11-12,14,17H,7-10H2,1-2H3. The van der Waals surface area contributed by atoms with E-state index in [0.29, 0.717) is 6.42 Å². The van der Waals surface area contributed by atoms with Crippen LogP contribution in [0.2, 0.25) is 0 Å². The Morgan fingerprint density at radius 2 is 2.11 bits per heavy atom. The van der Waals surface area contributed by atoms with Crippen molar-refractivity contribution in [3.63, 3.8) is 0 Å². The lowest BCUT2D eigenvalue weighted by Gasteiger charge is -2.32. The van der Waals surface area contributed by atoms with E-state index in [9.17, 15) is 4.79 Å². The summed E-state index contributed by atoms with van der Waals surface area (Å²) in [6, 6.07) is 8.41. The number of nitrogens with one attached hydrogen (secondary N) is 1. The zero-order chi connectivity index (χ0) is 13.4. The van der Waals surface area contributed by atoms with Gasteiger partial charge in [0.2, 0.25) is 5.91 Å². The third kappa shape index (κ3) is 2.52. The molecule has 1 aromatic rings. The van der Waals surface area contributed by atoms with Crippen LogP contribution in [0.15, 0.2) is 24.3 Å². The summed E-state index contributed by atoms with van der Waals surface area (Å²) in [5, 5.41) is 3.60. The number of carbonyl (C=O) groups excluding carboxylic acids is 1. The average Bonchev–Trinajstić information content (AvgIpc) is 3.25. The Labute approximate surface area is 115 Å². The van der Waals surface area contributed by atoms with E-state index >= 15 is 0 Å². The highest BCUT2D eigenvalue weighted by molar-refractivity contribution is 5.96. The highest BCUT2D eigenvalue weighted by Gasteiger charge is 2.31.